The second kappa shape index (κ2) is 5.97. The molecule has 4 heteroatoms. The number of anilines is 1. The van der Waals surface area contributed by atoms with Gasteiger partial charge in [-0.05, 0) is 31.2 Å². The van der Waals surface area contributed by atoms with E-state index in [0.717, 1.165) is 34.5 Å². The zero-order valence-corrected chi connectivity index (χ0v) is 12.0. The number of nitrogens with one attached hydrogen (secondary N) is 1. The van der Waals surface area contributed by atoms with E-state index in [1.807, 2.05) is 42.5 Å². The van der Waals surface area contributed by atoms with Gasteiger partial charge in [0.05, 0.1) is 17.5 Å². The number of nitrogens with two attached hydrogens (primary N) is 1. The fourth-order valence-corrected chi connectivity index (χ4v) is 2.43. The van der Waals surface area contributed by atoms with Gasteiger partial charge in [0.1, 0.15) is 5.76 Å². The highest BCUT2D eigenvalue weighted by atomic mass is 16.3. The highest BCUT2D eigenvalue weighted by Crippen LogP contribution is 2.20. The van der Waals surface area contributed by atoms with Crippen LogP contribution in [0.4, 0.5) is 5.69 Å². The van der Waals surface area contributed by atoms with Crippen LogP contribution in [0.3, 0.4) is 0 Å². The number of para-hydroxylation sites is 1. The summed E-state index contributed by atoms with van der Waals surface area (Å²) in [7, 11) is 0. The zero-order chi connectivity index (χ0) is 14.7. The van der Waals surface area contributed by atoms with Crippen molar-refractivity contribution in [2.24, 2.45) is 0 Å². The van der Waals surface area contributed by atoms with Gasteiger partial charge >= 0.3 is 0 Å². The maximum absolute atomic E-state index is 6.09. The van der Waals surface area contributed by atoms with E-state index in [1.54, 1.807) is 6.26 Å². The average molecular weight is 281 g/mol. The minimum atomic E-state index is 0.311. The normalized spacial score (nSPS) is 12.6. The van der Waals surface area contributed by atoms with Gasteiger partial charge in [-0.25, -0.2) is 0 Å². The number of pyridine rings is 1. The molecule has 0 fully saturated rings. The summed E-state index contributed by atoms with van der Waals surface area (Å²) in [5.41, 5.74) is 8.76. The van der Waals surface area contributed by atoms with Crippen molar-refractivity contribution in [1.82, 2.24) is 10.3 Å². The lowest BCUT2D eigenvalue weighted by Crippen LogP contribution is -2.27. The largest absolute Gasteiger partial charge is 0.469 e. The average Bonchev–Trinajstić information content (AvgIpc) is 2.98. The van der Waals surface area contributed by atoms with Crippen LogP contribution in [0, 0.1) is 0 Å². The Bertz CT molecular complexity index is 722. The van der Waals surface area contributed by atoms with E-state index in [9.17, 15) is 0 Å². The van der Waals surface area contributed by atoms with E-state index >= 15 is 0 Å². The van der Waals surface area contributed by atoms with Gasteiger partial charge in [-0.2, -0.15) is 0 Å². The summed E-state index contributed by atoms with van der Waals surface area (Å²) >= 11 is 0. The highest BCUT2D eigenvalue weighted by molar-refractivity contribution is 5.90. The van der Waals surface area contributed by atoms with Crippen LogP contribution in [0.1, 0.15) is 18.4 Å². The SMILES string of the molecule is CC(Cc1ccco1)NCc1cc(N)c2ccccc2n1. The Balaban J connectivity index is 1.67. The summed E-state index contributed by atoms with van der Waals surface area (Å²) < 4.78 is 5.36. The molecule has 0 bridgehead atoms. The number of furan rings is 1. The Labute approximate surface area is 124 Å². The van der Waals surface area contributed by atoms with Gasteiger partial charge in [0, 0.05) is 30.1 Å². The second-order valence-electron chi connectivity index (χ2n) is 5.29. The summed E-state index contributed by atoms with van der Waals surface area (Å²) in [5.74, 6) is 0.987. The first-order valence-corrected chi connectivity index (χ1v) is 7.12. The Kier molecular flexibility index (Phi) is 3.88. The molecular formula is C17H19N3O. The quantitative estimate of drug-likeness (QED) is 0.754. The number of nitrogens with zero attached hydrogens (tertiary/aromatic N) is 1. The first-order valence-electron chi connectivity index (χ1n) is 7.12. The molecule has 0 aliphatic carbocycles. The summed E-state index contributed by atoms with van der Waals surface area (Å²) in [6.45, 7) is 2.82. The van der Waals surface area contributed by atoms with Gasteiger partial charge in [0.2, 0.25) is 0 Å². The van der Waals surface area contributed by atoms with E-state index in [2.05, 4.69) is 17.2 Å². The maximum atomic E-state index is 6.09. The minimum Gasteiger partial charge on any atom is -0.469 e. The van der Waals surface area contributed by atoms with Gasteiger partial charge in [0.25, 0.3) is 0 Å². The molecule has 1 unspecified atom stereocenters. The lowest BCUT2D eigenvalue weighted by atomic mass is 10.1. The molecule has 2 aromatic heterocycles. The molecule has 4 nitrogen and oxygen atoms in total. The third-order valence-corrected chi connectivity index (χ3v) is 3.52. The zero-order valence-electron chi connectivity index (χ0n) is 12.0. The summed E-state index contributed by atoms with van der Waals surface area (Å²) in [6, 6.07) is 14.1. The van der Waals surface area contributed by atoms with E-state index in [0.29, 0.717) is 12.6 Å². The van der Waals surface area contributed by atoms with Crippen LogP contribution < -0.4 is 11.1 Å². The number of rotatable bonds is 5. The standard InChI is InChI=1S/C17H19N3O/c1-12(9-14-5-4-8-21-14)19-11-13-10-16(18)15-6-2-3-7-17(15)20-13/h2-8,10,12,19H,9,11H2,1H3,(H2,18,20). The fourth-order valence-electron chi connectivity index (χ4n) is 2.43. The van der Waals surface area contributed by atoms with Crippen molar-refractivity contribution in [3.8, 4) is 0 Å². The molecule has 0 aliphatic heterocycles. The van der Waals surface area contributed by atoms with E-state index in [-0.39, 0.29) is 0 Å². The van der Waals surface area contributed by atoms with Crippen molar-refractivity contribution >= 4 is 16.6 Å². The van der Waals surface area contributed by atoms with Crippen molar-refractivity contribution < 1.29 is 4.42 Å². The van der Waals surface area contributed by atoms with Crippen LogP contribution in [0.15, 0.2) is 53.1 Å². The lowest BCUT2D eigenvalue weighted by Gasteiger charge is -2.13. The van der Waals surface area contributed by atoms with Gasteiger partial charge in [-0.3, -0.25) is 4.98 Å². The maximum Gasteiger partial charge on any atom is 0.105 e. The Morgan fingerprint density at radius 2 is 2.10 bits per heavy atom. The Morgan fingerprint density at radius 3 is 2.90 bits per heavy atom. The summed E-state index contributed by atoms with van der Waals surface area (Å²) in [6.07, 6.45) is 2.56. The number of benzene rings is 1. The Hall–Kier alpha value is -2.33. The predicted molar refractivity (Wildman–Crippen MR) is 84.9 cm³/mol. The van der Waals surface area contributed by atoms with Crippen molar-refractivity contribution in [3.05, 3.63) is 60.2 Å². The fraction of sp³-hybridized carbons (Fsp3) is 0.235. The van der Waals surface area contributed by atoms with Gasteiger partial charge < -0.3 is 15.5 Å². The molecule has 0 spiro atoms. The predicted octanol–water partition coefficient (Wildman–Crippen LogP) is 3.13. The van der Waals surface area contributed by atoms with Crippen LogP contribution in [0.25, 0.3) is 10.9 Å². The minimum absolute atomic E-state index is 0.311. The molecule has 0 amide bonds. The molecule has 0 saturated carbocycles. The smallest absolute Gasteiger partial charge is 0.105 e. The Morgan fingerprint density at radius 1 is 1.24 bits per heavy atom. The molecule has 3 N–H and O–H groups in total. The van der Waals surface area contributed by atoms with Crippen molar-refractivity contribution in [2.45, 2.75) is 25.9 Å². The third-order valence-electron chi connectivity index (χ3n) is 3.52. The number of hydrogen-bond donors (Lipinski definition) is 2. The molecule has 1 aromatic carbocycles. The van der Waals surface area contributed by atoms with Crippen LogP contribution >= 0.6 is 0 Å². The topological polar surface area (TPSA) is 64.1 Å². The molecular weight excluding hydrogens is 262 g/mol. The van der Waals surface area contributed by atoms with E-state index < -0.39 is 0 Å². The van der Waals surface area contributed by atoms with Crippen LogP contribution in [-0.2, 0) is 13.0 Å². The third kappa shape index (κ3) is 3.23. The molecule has 2 heterocycles. The number of nitrogen functional groups attached to an aromatic ring is 1. The summed E-state index contributed by atoms with van der Waals surface area (Å²) in [5, 5.41) is 4.46. The summed E-state index contributed by atoms with van der Waals surface area (Å²) in [4.78, 5) is 4.64. The molecule has 108 valence electrons. The van der Waals surface area contributed by atoms with Gasteiger partial charge in [-0.15, -0.1) is 0 Å². The molecule has 21 heavy (non-hydrogen) atoms. The first-order chi connectivity index (χ1) is 10.2. The molecule has 0 aliphatic rings. The van der Waals surface area contributed by atoms with Crippen molar-refractivity contribution in [2.75, 3.05) is 5.73 Å². The molecule has 0 radical (unpaired) electrons. The van der Waals surface area contributed by atoms with Gasteiger partial charge in [0.15, 0.2) is 0 Å². The number of fused-ring (bicyclic) bond motifs is 1. The van der Waals surface area contributed by atoms with Crippen molar-refractivity contribution in [3.63, 3.8) is 0 Å². The van der Waals surface area contributed by atoms with Crippen molar-refractivity contribution in [1.29, 1.82) is 0 Å². The van der Waals surface area contributed by atoms with E-state index in [1.165, 1.54) is 0 Å². The first kappa shape index (κ1) is 13.6. The van der Waals surface area contributed by atoms with Gasteiger partial charge in [-0.1, -0.05) is 18.2 Å². The van der Waals surface area contributed by atoms with E-state index in [4.69, 9.17) is 10.2 Å². The number of hydrogen-bond acceptors (Lipinski definition) is 4. The second-order valence-corrected chi connectivity index (χ2v) is 5.29. The van der Waals surface area contributed by atoms with Crippen LogP contribution in [0.2, 0.25) is 0 Å². The molecule has 1 atom stereocenters. The lowest BCUT2D eigenvalue weighted by molar-refractivity contribution is 0.455. The molecule has 3 aromatic rings. The monoisotopic (exact) mass is 281 g/mol. The molecule has 3 rings (SSSR count). The van der Waals surface area contributed by atoms with Crippen LogP contribution in [0.5, 0.6) is 0 Å². The van der Waals surface area contributed by atoms with Crippen LogP contribution in [-0.4, -0.2) is 11.0 Å². The molecule has 0 saturated heterocycles. The highest BCUT2D eigenvalue weighted by Gasteiger charge is 2.07. The number of aromatic nitrogens is 1.